The summed E-state index contributed by atoms with van der Waals surface area (Å²) >= 11 is 0. The smallest absolute Gasteiger partial charge is 0.230 e. The van der Waals surface area contributed by atoms with Gasteiger partial charge in [-0.05, 0) is 49.3 Å². The monoisotopic (exact) mass is 493 g/mol. The Hall–Kier alpha value is -3.24. The van der Waals surface area contributed by atoms with Crippen molar-refractivity contribution in [1.29, 1.82) is 0 Å². The summed E-state index contributed by atoms with van der Waals surface area (Å²) in [6.07, 6.45) is 4.74. The highest BCUT2D eigenvalue weighted by Crippen LogP contribution is 2.25. The van der Waals surface area contributed by atoms with E-state index in [0.717, 1.165) is 54.7 Å². The van der Waals surface area contributed by atoms with E-state index in [1.54, 1.807) is 4.52 Å². The number of piperidine rings is 1. The molecule has 0 aliphatic carbocycles. The molecule has 5 rings (SSSR count). The maximum Gasteiger partial charge on any atom is 0.230 e. The van der Waals surface area contributed by atoms with Crippen molar-refractivity contribution in [3.05, 3.63) is 41.6 Å². The molecule has 2 aromatic heterocycles. The molecular weight excluding hydrogens is 458 g/mol. The number of nitrogens with one attached hydrogen (secondary N) is 2. The van der Waals surface area contributed by atoms with Crippen molar-refractivity contribution in [2.75, 3.05) is 41.8 Å². The largest absolute Gasteiger partial charge is 0.391 e. The van der Waals surface area contributed by atoms with Crippen molar-refractivity contribution >= 4 is 29.1 Å². The second kappa shape index (κ2) is 10.8. The number of hydrogen-bond donors (Lipinski definition) is 3. The van der Waals surface area contributed by atoms with Gasteiger partial charge in [0.2, 0.25) is 17.8 Å². The van der Waals surface area contributed by atoms with Gasteiger partial charge < -0.3 is 25.4 Å². The highest BCUT2D eigenvalue weighted by molar-refractivity contribution is 5.92. The van der Waals surface area contributed by atoms with Gasteiger partial charge in [-0.15, -0.1) is 0 Å². The van der Waals surface area contributed by atoms with Crippen LogP contribution in [-0.4, -0.2) is 63.0 Å². The number of carbonyl (C=O) groups is 1. The van der Waals surface area contributed by atoms with Gasteiger partial charge in [0.05, 0.1) is 12.3 Å². The summed E-state index contributed by atoms with van der Waals surface area (Å²) in [5.74, 6) is 1.56. The number of carbonyl (C=O) groups excluding carboxylic acids is 1. The molecule has 10 nitrogen and oxygen atoms in total. The predicted molar refractivity (Wildman–Crippen MR) is 138 cm³/mol. The van der Waals surface area contributed by atoms with E-state index >= 15 is 0 Å². The normalized spacial score (nSPS) is 19.1. The van der Waals surface area contributed by atoms with Gasteiger partial charge in [0, 0.05) is 50.0 Å². The van der Waals surface area contributed by atoms with Crippen LogP contribution in [0.5, 0.6) is 0 Å². The quantitative estimate of drug-likeness (QED) is 0.460. The van der Waals surface area contributed by atoms with Gasteiger partial charge in [-0.1, -0.05) is 26.0 Å². The van der Waals surface area contributed by atoms with Gasteiger partial charge in [0.15, 0.2) is 5.65 Å². The first-order valence-electron chi connectivity index (χ1n) is 12.9. The van der Waals surface area contributed by atoms with Crippen molar-refractivity contribution in [3.8, 4) is 0 Å². The summed E-state index contributed by atoms with van der Waals surface area (Å²) in [7, 11) is 0. The molecule has 2 fully saturated rings. The SMILES string of the molecule is CC(C)c1cnn2c(NCc3ccc(NC(=O)C4CCOCC4)cc3)nc(N3CCC[C@@H](O)C3)nc12. The minimum absolute atomic E-state index is 0.0141. The van der Waals surface area contributed by atoms with Crippen LogP contribution in [0.15, 0.2) is 30.5 Å². The third-order valence-electron chi connectivity index (χ3n) is 6.95. The van der Waals surface area contributed by atoms with Crippen LogP contribution in [0.25, 0.3) is 5.65 Å². The average molecular weight is 494 g/mol. The molecule has 0 bridgehead atoms. The van der Waals surface area contributed by atoms with E-state index in [1.807, 2.05) is 35.4 Å². The number of fused-ring (bicyclic) bond motifs is 1. The number of benzene rings is 1. The number of nitrogens with zero attached hydrogens (tertiary/aromatic N) is 5. The highest BCUT2D eigenvalue weighted by Gasteiger charge is 2.24. The molecular formula is C26H35N7O3. The van der Waals surface area contributed by atoms with Crippen LogP contribution in [0.3, 0.4) is 0 Å². The standard InChI is InChI=1S/C26H35N7O3/c1-17(2)22-15-28-33-23(22)30-26(32-11-3-4-21(34)16-32)31-25(33)27-14-18-5-7-20(8-6-18)29-24(35)19-9-12-36-13-10-19/h5-8,15,17,19,21,34H,3-4,9-14,16H2,1-2H3,(H,29,35)(H,27,30,31)/t21-/m1/s1. The van der Waals surface area contributed by atoms with E-state index in [-0.39, 0.29) is 23.8 Å². The second-order valence-corrected chi connectivity index (χ2v) is 10.0. The zero-order valence-corrected chi connectivity index (χ0v) is 21.0. The lowest BCUT2D eigenvalue weighted by molar-refractivity contribution is -0.122. The second-order valence-electron chi connectivity index (χ2n) is 10.0. The molecule has 2 aliphatic heterocycles. The van der Waals surface area contributed by atoms with Crippen molar-refractivity contribution in [2.45, 2.75) is 58.1 Å². The Kier molecular flexibility index (Phi) is 7.33. The maximum absolute atomic E-state index is 12.5. The molecule has 1 amide bonds. The molecule has 0 saturated carbocycles. The lowest BCUT2D eigenvalue weighted by Gasteiger charge is -2.30. The molecule has 2 saturated heterocycles. The van der Waals surface area contributed by atoms with Crippen LogP contribution in [0.4, 0.5) is 17.6 Å². The molecule has 192 valence electrons. The first kappa shape index (κ1) is 24.5. The zero-order chi connectivity index (χ0) is 25.1. The Labute approximate surface area is 211 Å². The minimum atomic E-state index is -0.366. The Morgan fingerprint density at radius 3 is 2.67 bits per heavy atom. The summed E-state index contributed by atoms with van der Waals surface area (Å²) in [4.78, 5) is 24.2. The summed E-state index contributed by atoms with van der Waals surface area (Å²) in [5, 5.41) is 21.2. The van der Waals surface area contributed by atoms with Gasteiger partial charge in [0.1, 0.15) is 0 Å². The molecule has 2 aliphatic rings. The van der Waals surface area contributed by atoms with Gasteiger partial charge in [-0.25, -0.2) is 0 Å². The average Bonchev–Trinajstić information content (AvgIpc) is 3.33. The fourth-order valence-corrected chi connectivity index (χ4v) is 4.77. The van der Waals surface area contributed by atoms with E-state index in [0.29, 0.717) is 38.2 Å². The fourth-order valence-electron chi connectivity index (χ4n) is 4.77. The zero-order valence-electron chi connectivity index (χ0n) is 21.0. The van der Waals surface area contributed by atoms with Crippen LogP contribution >= 0.6 is 0 Å². The van der Waals surface area contributed by atoms with Crippen LogP contribution in [-0.2, 0) is 16.1 Å². The van der Waals surface area contributed by atoms with Crippen molar-refractivity contribution < 1.29 is 14.6 Å². The van der Waals surface area contributed by atoms with E-state index in [1.165, 1.54) is 0 Å². The Bertz CT molecular complexity index is 1190. The third kappa shape index (κ3) is 5.44. The minimum Gasteiger partial charge on any atom is -0.391 e. The number of aromatic nitrogens is 4. The molecule has 10 heteroatoms. The molecule has 3 aromatic rings. The van der Waals surface area contributed by atoms with Crippen molar-refractivity contribution in [2.24, 2.45) is 5.92 Å². The van der Waals surface area contributed by atoms with Gasteiger partial charge in [0.25, 0.3) is 0 Å². The molecule has 1 atom stereocenters. The number of hydrogen-bond acceptors (Lipinski definition) is 8. The van der Waals surface area contributed by atoms with E-state index < -0.39 is 0 Å². The number of aliphatic hydroxyl groups is 1. The maximum atomic E-state index is 12.5. The molecule has 0 spiro atoms. The first-order chi connectivity index (χ1) is 17.5. The molecule has 36 heavy (non-hydrogen) atoms. The number of β-amino-alcohol motifs (C(OH)–C–C–N with tert-alkyl or cyclic N) is 1. The summed E-state index contributed by atoms with van der Waals surface area (Å²) < 4.78 is 7.10. The number of rotatable bonds is 7. The highest BCUT2D eigenvalue weighted by atomic mass is 16.5. The Morgan fingerprint density at radius 2 is 1.94 bits per heavy atom. The van der Waals surface area contributed by atoms with Gasteiger partial charge in [-0.3, -0.25) is 4.79 Å². The third-order valence-corrected chi connectivity index (χ3v) is 6.95. The topological polar surface area (TPSA) is 117 Å². The number of ether oxygens (including phenoxy) is 1. The van der Waals surface area contributed by atoms with Crippen LogP contribution in [0.2, 0.25) is 0 Å². The molecule has 4 heterocycles. The van der Waals surface area contributed by atoms with Crippen LogP contribution in [0.1, 0.15) is 56.6 Å². The van der Waals surface area contributed by atoms with E-state index in [9.17, 15) is 9.90 Å². The van der Waals surface area contributed by atoms with Gasteiger partial charge >= 0.3 is 0 Å². The number of aliphatic hydroxyl groups excluding tert-OH is 1. The summed E-state index contributed by atoms with van der Waals surface area (Å²) in [6.45, 7) is 7.43. The van der Waals surface area contributed by atoms with E-state index in [4.69, 9.17) is 14.7 Å². The van der Waals surface area contributed by atoms with Crippen molar-refractivity contribution in [3.63, 3.8) is 0 Å². The Morgan fingerprint density at radius 1 is 1.17 bits per heavy atom. The molecule has 3 N–H and O–H groups in total. The van der Waals surface area contributed by atoms with Crippen LogP contribution in [0, 0.1) is 5.92 Å². The lowest BCUT2D eigenvalue weighted by Crippen LogP contribution is -2.39. The summed E-state index contributed by atoms with van der Waals surface area (Å²) in [5.41, 5.74) is 3.68. The number of anilines is 3. The molecule has 0 unspecified atom stereocenters. The predicted octanol–water partition coefficient (Wildman–Crippen LogP) is 3.19. The Balaban J connectivity index is 1.31. The van der Waals surface area contributed by atoms with E-state index in [2.05, 4.69) is 29.6 Å². The van der Waals surface area contributed by atoms with Crippen molar-refractivity contribution in [1.82, 2.24) is 19.6 Å². The summed E-state index contributed by atoms with van der Waals surface area (Å²) in [6, 6.07) is 7.84. The van der Waals surface area contributed by atoms with Gasteiger partial charge in [-0.2, -0.15) is 19.6 Å². The lowest BCUT2D eigenvalue weighted by atomic mass is 9.99. The molecule has 0 radical (unpaired) electrons. The van der Waals surface area contributed by atoms with Crippen LogP contribution < -0.4 is 15.5 Å². The first-order valence-corrected chi connectivity index (χ1v) is 12.9. The fraction of sp³-hybridized carbons (Fsp3) is 0.538. The number of amides is 1. The molecule has 1 aromatic carbocycles.